The molecule has 106 valence electrons. The van der Waals surface area contributed by atoms with Crippen LogP contribution in [-0.2, 0) is 12.7 Å². The summed E-state index contributed by atoms with van der Waals surface area (Å²) in [5.74, 6) is -0.338. The normalized spacial score (nSPS) is 24.9. The molecular formula is C13H16F4N2. The second-order valence-electron chi connectivity index (χ2n) is 5.14. The Labute approximate surface area is 109 Å². The number of benzene rings is 1. The van der Waals surface area contributed by atoms with Gasteiger partial charge in [-0.15, -0.1) is 0 Å². The molecular weight excluding hydrogens is 260 g/mol. The van der Waals surface area contributed by atoms with Crippen molar-refractivity contribution in [1.82, 2.24) is 4.90 Å². The molecule has 19 heavy (non-hydrogen) atoms. The fourth-order valence-electron chi connectivity index (χ4n) is 2.34. The summed E-state index contributed by atoms with van der Waals surface area (Å²) >= 11 is 0. The van der Waals surface area contributed by atoms with Crippen molar-refractivity contribution >= 4 is 0 Å². The SMILES string of the molecule is CC1CN(Cc2cc(C(F)(F)F)ccc2F)CC1N. The molecule has 2 nitrogen and oxygen atoms in total. The van der Waals surface area contributed by atoms with Crippen molar-refractivity contribution in [3.05, 3.63) is 35.1 Å². The van der Waals surface area contributed by atoms with Crippen LogP contribution in [0, 0.1) is 11.7 Å². The first-order valence-electron chi connectivity index (χ1n) is 6.11. The minimum Gasteiger partial charge on any atom is -0.326 e. The van der Waals surface area contributed by atoms with E-state index in [1.807, 2.05) is 11.8 Å². The second-order valence-corrected chi connectivity index (χ2v) is 5.14. The van der Waals surface area contributed by atoms with Gasteiger partial charge in [0.15, 0.2) is 0 Å². The molecule has 0 radical (unpaired) electrons. The topological polar surface area (TPSA) is 29.3 Å². The van der Waals surface area contributed by atoms with Crippen molar-refractivity contribution < 1.29 is 17.6 Å². The number of likely N-dealkylation sites (tertiary alicyclic amines) is 1. The summed E-state index contributed by atoms with van der Waals surface area (Å²) in [6.45, 7) is 3.40. The van der Waals surface area contributed by atoms with Crippen LogP contribution in [0.4, 0.5) is 17.6 Å². The van der Waals surface area contributed by atoms with E-state index in [4.69, 9.17) is 5.73 Å². The van der Waals surface area contributed by atoms with Gasteiger partial charge in [0.25, 0.3) is 0 Å². The van der Waals surface area contributed by atoms with Gasteiger partial charge in [-0.3, -0.25) is 4.90 Å². The van der Waals surface area contributed by atoms with Crippen molar-refractivity contribution in [2.45, 2.75) is 25.7 Å². The number of hydrogen-bond acceptors (Lipinski definition) is 2. The standard InChI is InChI=1S/C13H16F4N2/c1-8-5-19(7-12(8)18)6-9-4-10(13(15,16)17)2-3-11(9)14/h2-4,8,12H,5-7,18H2,1H3. The fourth-order valence-corrected chi connectivity index (χ4v) is 2.34. The molecule has 0 amide bonds. The van der Waals surface area contributed by atoms with Crippen LogP contribution in [0.5, 0.6) is 0 Å². The van der Waals surface area contributed by atoms with Crippen LogP contribution in [0.15, 0.2) is 18.2 Å². The highest BCUT2D eigenvalue weighted by Crippen LogP contribution is 2.31. The largest absolute Gasteiger partial charge is 0.416 e. The number of hydrogen-bond donors (Lipinski definition) is 1. The van der Waals surface area contributed by atoms with E-state index in [1.165, 1.54) is 0 Å². The van der Waals surface area contributed by atoms with Gasteiger partial charge in [-0.25, -0.2) is 4.39 Å². The van der Waals surface area contributed by atoms with Crippen LogP contribution in [0.1, 0.15) is 18.1 Å². The quantitative estimate of drug-likeness (QED) is 0.841. The molecule has 1 fully saturated rings. The molecule has 0 saturated carbocycles. The lowest BCUT2D eigenvalue weighted by Gasteiger charge is -2.17. The summed E-state index contributed by atoms with van der Waals surface area (Å²) < 4.78 is 51.3. The molecule has 6 heteroatoms. The number of rotatable bonds is 2. The highest BCUT2D eigenvalue weighted by Gasteiger charge is 2.32. The van der Waals surface area contributed by atoms with Crippen LogP contribution >= 0.6 is 0 Å². The maximum Gasteiger partial charge on any atom is 0.416 e. The summed E-state index contributed by atoms with van der Waals surface area (Å²) in [5, 5.41) is 0. The summed E-state index contributed by atoms with van der Waals surface area (Å²) in [7, 11) is 0. The van der Waals surface area contributed by atoms with E-state index >= 15 is 0 Å². The Kier molecular flexibility index (Phi) is 3.82. The fraction of sp³-hybridized carbons (Fsp3) is 0.538. The van der Waals surface area contributed by atoms with Gasteiger partial charge in [-0.1, -0.05) is 6.92 Å². The van der Waals surface area contributed by atoms with E-state index in [2.05, 4.69) is 0 Å². The maximum atomic E-state index is 13.6. The van der Waals surface area contributed by atoms with Crippen molar-refractivity contribution in [3.8, 4) is 0 Å². The summed E-state index contributed by atoms with van der Waals surface area (Å²) in [6.07, 6.45) is -4.45. The summed E-state index contributed by atoms with van der Waals surface area (Å²) in [6, 6.07) is 2.51. The average molecular weight is 276 g/mol. The number of nitrogens with zero attached hydrogens (tertiary/aromatic N) is 1. The molecule has 1 aromatic rings. The molecule has 1 heterocycles. The highest BCUT2D eigenvalue weighted by molar-refractivity contribution is 5.27. The van der Waals surface area contributed by atoms with Gasteiger partial charge in [-0.05, 0) is 24.1 Å². The van der Waals surface area contributed by atoms with Gasteiger partial charge in [0.1, 0.15) is 5.82 Å². The molecule has 0 bridgehead atoms. The van der Waals surface area contributed by atoms with Gasteiger partial charge in [0.05, 0.1) is 5.56 Å². The van der Waals surface area contributed by atoms with E-state index in [0.29, 0.717) is 13.1 Å². The predicted octanol–water partition coefficient (Wildman–Crippen LogP) is 2.62. The van der Waals surface area contributed by atoms with Gasteiger partial charge in [0, 0.05) is 31.2 Å². The third-order valence-corrected chi connectivity index (χ3v) is 3.51. The molecule has 2 N–H and O–H groups in total. The molecule has 0 aliphatic carbocycles. The first-order chi connectivity index (χ1) is 8.77. The summed E-state index contributed by atoms with van der Waals surface area (Å²) in [4.78, 5) is 1.88. The zero-order valence-corrected chi connectivity index (χ0v) is 10.5. The van der Waals surface area contributed by atoms with Gasteiger partial charge >= 0.3 is 6.18 Å². The van der Waals surface area contributed by atoms with Crippen LogP contribution < -0.4 is 5.73 Å². The first-order valence-corrected chi connectivity index (χ1v) is 6.11. The monoisotopic (exact) mass is 276 g/mol. The second kappa shape index (κ2) is 5.09. The lowest BCUT2D eigenvalue weighted by atomic mass is 10.1. The summed E-state index contributed by atoms with van der Waals surface area (Å²) in [5.41, 5.74) is 5.09. The van der Waals surface area contributed by atoms with Crippen molar-refractivity contribution in [2.75, 3.05) is 13.1 Å². The molecule has 2 unspecified atom stereocenters. The average Bonchev–Trinajstić information content (AvgIpc) is 2.59. The van der Waals surface area contributed by atoms with E-state index in [-0.39, 0.29) is 24.1 Å². The minimum absolute atomic E-state index is 0.00569. The van der Waals surface area contributed by atoms with Crippen LogP contribution in [0.2, 0.25) is 0 Å². The molecule has 0 aromatic heterocycles. The van der Waals surface area contributed by atoms with E-state index in [9.17, 15) is 17.6 Å². The van der Waals surface area contributed by atoms with Gasteiger partial charge in [-0.2, -0.15) is 13.2 Å². The van der Waals surface area contributed by atoms with E-state index in [1.54, 1.807) is 0 Å². The smallest absolute Gasteiger partial charge is 0.326 e. The van der Waals surface area contributed by atoms with Crippen LogP contribution in [0.25, 0.3) is 0 Å². The van der Waals surface area contributed by atoms with Crippen molar-refractivity contribution in [2.24, 2.45) is 11.7 Å². The van der Waals surface area contributed by atoms with Crippen molar-refractivity contribution in [1.29, 1.82) is 0 Å². The first kappa shape index (κ1) is 14.3. The van der Waals surface area contributed by atoms with Crippen molar-refractivity contribution in [3.63, 3.8) is 0 Å². The lowest BCUT2D eigenvalue weighted by molar-refractivity contribution is -0.137. The predicted molar refractivity (Wildman–Crippen MR) is 63.8 cm³/mol. The molecule has 0 spiro atoms. The van der Waals surface area contributed by atoms with E-state index < -0.39 is 17.6 Å². The minimum atomic E-state index is -4.45. The Morgan fingerprint density at radius 3 is 2.53 bits per heavy atom. The maximum absolute atomic E-state index is 13.6. The molecule has 2 rings (SSSR count). The van der Waals surface area contributed by atoms with Gasteiger partial charge in [0.2, 0.25) is 0 Å². The number of halogens is 4. The van der Waals surface area contributed by atoms with Crippen LogP contribution in [-0.4, -0.2) is 24.0 Å². The Morgan fingerprint density at radius 1 is 1.32 bits per heavy atom. The van der Waals surface area contributed by atoms with Crippen LogP contribution in [0.3, 0.4) is 0 Å². The van der Waals surface area contributed by atoms with Gasteiger partial charge < -0.3 is 5.73 Å². The third kappa shape index (κ3) is 3.25. The molecule has 1 aliphatic heterocycles. The Morgan fingerprint density at radius 2 is 2.00 bits per heavy atom. The highest BCUT2D eigenvalue weighted by atomic mass is 19.4. The Bertz CT molecular complexity index is 448. The van der Waals surface area contributed by atoms with E-state index in [0.717, 1.165) is 18.2 Å². The zero-order chi connectivity index (χ0) is 14.2. The zero-order valence-electron chi connectivity index (χ0n) is 10.5. The Balaban J connectivity index is 2.16. The number of alkyl halides is 3. The molecule has 1 aromatic carbocycles. The molecule has 1 aliphatic rings. The number of nitrogens with two attached hydrogens (primary N) is 1. The Hall–Kier alpha value is -1.14. The molecule has 2 atom stereocenters. The lowest BCUT2D eigenvalue weighted by Crippen LogP contribution is -2.28. The molecule has 1 saturated heterocycles. The third-order valence-electron chi connectivity index (χ3n) is 3.51.